The van der Waals surface area contributed by atoms with Crippen LogP contribution in [0.5, 0.6) is 0 Å². The predicted octanol–water partition coefficient (Wildman–Crippen LogP) is 3.67. The first-order chi connectivity index (χ1) is 7.06. The zero-order valence-electron chi connectivity index (χ0n) is 9.14. The number of hydrogen-bond acceptors (Lipinski definition) is 1. The maximum Gasteiger partial charge on any atom is 0.169 e. The average molecular weight is 206 g/mol. The number of hydrogen-bond donors (Lipinski definition) is 0. The molecule has 1 aromatic rings. The minimum Gasteiger partial charge on any atom is -0.294 e. The number of allylic oxidation sites excluding steroid dienone is 1. The van der Waals surface area contributed by atoms with E-state index in [1.165, 1.54) is 6.07 Å². The first-order valence-corrected chi connectivity index (χ1v) is 5.01. The lowest BCUT2D eigenvalue weighted by Crippen LogP contribution is -2.04. The van der Waals surface area contributed by atoms with Crippen molar-refractivity contribution < 1.29 is 9.18 Å². The number of rotatable bonds is 4. The van der Waals surface area contributed by atoms with Gasteiger partial charge in [-0.3, -0.25) is 4.79 Å². The third-order valence-corrected chi connectivity index (χ3v) is 2.40. The van der Waals surface area contributed by atoms with E-state index >= 15 is 0 Å². The quantitative estimate of drug-likeness (QED) is 0.542. The Labute approximate surface area is 89.6 Å². The Kier molecular flexibility index (Phi) is 3.78. The van der Waals surface area contributed by atoms with Crippen LogP contribution in [0.3, 0.4) is 0 Å². The third-order valence-electron chi connectivity index (χ3n) is 2.40. The molecule has 0 spiro atoms. The molecule has 0 fully saturated rings. The summed E-state index contributed by atoms with van der Waals surface area (Å²) in [6, 6.07) is 4.87. The van der Waals surface area contributed by atoms with Crippen molar-refractivity contribution in [2.75, 3.05) is 0 Å². The summed E-state index contributed by atoms with van der Waals surface area (Å²) in [5.74, 6) is -0.602. The first-order valence-electron chi connectivity index (χ1n) is 5.01. The number of Topliss-reactive ketones (excluding diaryl/α,β-unsaturated/α-hetero) is 1. The van der Waals surface area contributed by atoms with Crippen LogP contribution >= 0.6 is 0 Å². The second kappa shape index (κ2) is 4.87. The minimum absolute atomic E-state index is 0.171. The minimum atomic E-state index is -0.411. The van der Waals surface area contributed by atoms with Crippen LogP contribution in [-0.2, 0) is 0 Å². The van der Waals surface area contributed by atoms with E-state index in [0.717, 1.165) is 12.0 Å². The number of carbonyl (C=O) groups excluding carboxylic acids is 1. The fourth-order valence-electron chi connectivity index (χ4n) is 1.31. The van der Waals surface area contributed by atoms with E-state index in [2.05, 4.69) is 6.58 Å². The van der Waals surface area contributed by atoms with E-state index < -0.39 is 5.82 Å². The summed E-state index contributed by atoms with van der Waals surface area (Å²) in [6.07, 6.45) is 0.982. The number of aryl methyl sites for hydroxylation is 1. The van der Waals surface area contributed by atoms with Crippen LogP contribution in [0.1, 0.15) is 35.7 Å². The van der Waals surface area contributed by atoms with Gasteiger partial charge in [-0.05, 0) is 25.0 Å². The van der Waals surface area contributed by atoms with Crippen molar-refractivity contribution in [3.05, 3.63) is 47.3 Å². The van der Waals surface area contributed by atoms with Crippen LogP contribution in [0.25, 0.3) is 0 Å². The Bertz CT molecular complexity index is 394. The van der Waals surface area contributed by atoms with Crippen molar-refractivity contribution in [1.82, 2.24) is 0 Å². The van der Waals surface area contributed by atoms with Gasteiger partial charge in [0.2, 0.25) is 0 Å². The number of benzene rings is 1. The summed E-state index contributed by atoms with van der Waals surface area (Å²) in [7, 11) is 0. The smallest absolute Gasteiger partial charge is 0.169 e. The van der Waals surface area contributed by atoms with E-state index in [-0.39, 0.29) is 17.8 Å². The molecule has 0 saturated carbocycles. The topological polar surface area (TPSA) is 17.1 Å². The van der Waals surface area contributed by atoms with Gasteiger partial charge in [-0.25, -0.2) is 4.39 Å². The van der Waals surface area contributed by atoms with Gasteiger partial charge in [0.1, 0.15) is 5.82 Å². The fourth-order valence-corrected chi connectivity index (χ4v) is 1.31. The van der Waals surface area contributed by atoms with Gasteiger partial charge in [0.05, 0.1) is 5.56 Å². The fraction of sp³-hybridized carbons (Fsp3) is 0.308. The molecule has 0 unspecified atom stereocenters. The average Bonchev–Trinajstić information content (AvgIpc) is 2.21. The zero-order valence-corrected chi connectivity index (χ0v) is 9.14. The molecule has 0 radical (unpaired) electrons. The third kappa shape index (κ3) is 2.75. The molecule has 1 aromatic carbocycles. The summed E-state index contributed by atoms with van der Waals surface area (Å²) < 4.78 is 13.6. The lowest BCUT2D eigenvalue weighted by Gasteiger charge is -2.05. The van der Waals surface area contributed by atoms with Crippen LogP contribution < -0.4 is 0 Å². The van der Waals surface area contributed by atoms with Crippen molar-refractivity contribution in [3.8, 4) is 0 Å². The maximum atomic E-state index is 13.6. The molecule has 0 saturated heterocycles. The standard InChI is InChI=1S/C13H15FO/c1-4-9(2)8-12(15)11-7-5-6-10(3)13(11)14/h5-7H,2,4,8H2,1,3H3. The van der Waals surface area contributed by atoms with Crippen LogP contribution in [-0.4, -0.2) is 5.78 Å². The number of carbonyl (C=O) groups is 1. The highest BCUT2D eigenvalue weighted by atomic mass is 19.1. The molecule has 0 N–H and O–H groups in total. The van der Waals surface area contributed by atoms with Crippen molar-refractivity contribution in [3.63, 3.8) is 0 Å². The summed E-state index contributed by atoms with van der Waals surface area (Å²) in [5.41, 5.74) is 1.51. The molecule has 1 nitrogen and oxygen atoms in total. The second-order valence-electron chi connectivity index (χ2n) is 3.64. The lowest BCUT2D eigenvalue weighted by atomic mass is 10.0. The number of halogens is 1. The van der Waals surface area contributed by atoms with Crippen LogP contribution in [0, 0.1) is 12.7 Å². The maximum absolute atomic E-state index is 13.6. The molecule has 0 heterocycles. The van der Waals surface area contributed by atoms with E-state index in [1.807, 2.05) is 6.92 Å². The summed E-state index contributed by atoms with van der Waals surface area (Å²) in [4.78, 5) is 11.7. The van der Waals surface area contributed by atoms with Crippen molar-refractivity contribution in [2.45, 2.75) is 26.7 Å². The van der Waals surface area contributed by atoms with Crippen molar-refractivity contribution in [1.29, 1.82) is 0 Å². The Hall–Kier alpha value is -1.44. The number of ketones is 1. The van der Waals surface area contributed by atoms with E-state index in [0.29, 0.717) is 5.56 Å². The Morgan fingerprint density at radius 1 is 1.47 bits per heavy atom. The van der Waals surface area contributed by atoms with E-state index in [1.54, 1.807) is 19.1 Å². The largest absolute Gasteiger partial charge is 0.294 e. The molecule has 0 aromatic heterocycles. The molecule has 0 aliphatic carbocycles. The summed E-state index contributed by atoms with van der Waals surface area (Å²) in [6.45, 7) is 7.33. The molecule has 0 bridgehead atoms. The molecule has 0 amide bonds. The van der Waals surface area contributed by atoms with Gasteiger partial charge in [0.25, 0.3) is 0 Å². The van der Waals surface area contributed by atoms with Gasteiger partial charge in [-0.2, -0.15) is 0 Å². The van der Waals surface area contributed by atoms with E-state index in [4.69, 9.17) is 0 Å². The Morgan fingerprint density at radius 2 is 2.13 bits per heavy atom. The highest BCUT2D eigenvalue weighted by Gasteiger charge is 2.13. The normalized spacial score (nSPS) is 10.1. The monoisotopic (exact) mass is 206 g/mol. The van der Waals surface area contributed by atoms with Gasteiger partial charge in [-0.1, -0.05) is 31.2 Å². The second-order valence-corrected chi connectivity index (χ2v) is 3.64. The molecule has 0 atom stereocenters. The first kappa shape index (κ1) is 11.6. The summed E-state index contributed by atoms with van der Waals surface area (Å²) in [5, 5.41) is 0. The molecule has 80 valence electrons. The van der Waals surface area contributed by atoms with Crippen molar-refractivity contribution in [2.24, 2.45) is 0 Å². The van der Waals surface area contributed by atoms with Crippen LogP contribution in [0.2, 0.25) is 0 Å². The Morgan fingerprint density at radius 3 is 2.73 bits per heavy atom. The van der Waals surface area contributed by atoms with Crippen molar-refractivity contribution >= 4 is 5.78 Å². The molecule has 15 heavy (non-hydrogen) atoms. The highest BCUT2D eigenvalue weighted by Crippen LogP contribution is 2.16. The van der Waals surface area contributed by atoms with Gasteiger partial charge < -0.3 is 0 Å². The molecule has 0 aliphatic rings. The van der Waals surface area contributed by atoms with Gasteiger partial charge >= 0.3 is 0 Å². The molecule has 0 aliphatic heterocycles. The zero-order chi connectivity index (χ0) is 11.4. The molecule has 2 heteroatoms. The summed E-state index contributed by atoms with van der Waals surface area (Å²) >= 11 is 0. The van der Waals surface area contributed by atoms with Crippen LogP contribution in [0.15, 0.2) is 30.4 Å². The van der Waals surface area contributed by atoms with Gasteiger partial charge in [-0.15, -0.1) is 0 Å². The Balaban J connectivity index is 2.92. The predicted molar refractivity (Wildman–Crippen MR) is 59.5 cm³/mol. The SMILES string of the molecule is C=C(CC)CC(=O)c1cccc(C)c1F. The molecular formula is C13H15FO. The highest BCUT2D eigenvalue weighted by molar-refractivity contribution is 5.97. The van der Waals surface area contributed by atoms with Crippen LogP contribution in [0.4, 0.5) is 4.39 Å². The lowest BCUT2D eigenvalue weighted by molar-refractivity contribution is 0.0988. The molecule has 1 rings (SSSR count). The molecular weight excluding hydrogens is 191 g/mol. The van der Waals surface area contributed by atoms with Gasteiger partial charge in [0.15, 0.2) is 5.78 Å². The van der Waals surface area contributed by atoms with Gasteiger partial charge in [0, 0.05) is 6.42 Å². The van der Waals surface area contributed by atoms with E-state index in [9.17, 15) is 9.18 Å².